The molecule has 0 unspecified atom stereocenters. The van der Waals surface area contributed by atoms with Gasteiger partial charge in [-0.05, 0) is 37.6 Å². The van der Waals surface area contributed by atoms with E-state index in [-0.39, 0.29) is 11.9 Å². The van der Waals surface area contributed by atoms with Gasteiger partial charge in [-0.15, -0.1) is 0 Å². The number of hydrazine groups is 1. The maximum absolute atomic E-state index is 11.5. The number of esters is 1. The lowest BCUT2D eigenvalue weighted by Crippen LogP contribution is -2.37. The Morgan fingerprint density at radius 1 is 1.30 bits per heavy atom. The van der Waals surface area contributed by atoms with Gasteiger partial charge in [-0.3, -0.25) is 10.2 Å². The summed E-state index contributed by atoms with van der Waals surface area (Å²) < 4.78 is 4.90. The molecule has 3 N–H and O–H groups in total. The molecule has 1 heterocycles. The molecule has 0 aliphatic carbocycles. The summed E-state index contributed by atoms with van der Waals surface area (Å²) in [7, 11) is 0. The van der Waals surface area contributed by atoms with Gasteiger partial charge < -0.3 is 15.5 Å². The van der Waals surface area contributed by atoms with Gasteiger partial charge in [0.2, 0.25) is 0 Å². The van der Waals surface area contributed by atoms with Gasteiger partial charge in [-0.1, -0.05) is 6.08 Å². The van der Waals surface area contributed by atoms with Crippen molar-refractivity contribution in [1.29, 1.82) is 0 Å². The Morgan fingerprint density at radius 3 is 2.70 bits per heavy atom. The summed E-state index contributed by atoms with van der Waals surface area (Å²) in [6, 6.07) is 6.80. The number of nitrogens with one attached hydrogen (secondary N) is 3. The first-order valence-electron chi connectivity index (χ1n) is 6.48. The molecule has 0 bridgehead atoms. The van der Waals surface area contributed by atoms with Gasteiger partial charge in [0.15, 0.2) is 0 Å². The van der Waals surface area contributed by atoms with Gasteiger partial charge in [-0.25, -0.2) is 4.79 Å². The zero-order valence-electron chi connectivity index (χ0n) is 11.2. The van der Waals surface area contributed by atoms with Crippen LogP contribution in [0.25, 0.3) is 0 Å². The Bertz CT molecular complexity index is 523. The van der Waals surface area contributed by atoms with E-state index >= 15 is 0 Å². The molecule has 1 aromatic rings. The fourth-order valence-corrected chi connectivity index (χ4v) is 1.74. The Morgan fingerprint density at radius 2 is 2.05 bits per heavy atom. The summed E-state index contributed by atoms with van der Waals surface area (Å²) in [4.78, 5) is 23.0. The van der Waals surface area contributed by atoms with Crippen molar-refractivity contribution in [3.8, 4) is 0 Å². The molecule has 0 atom stereocenters. The zero-order chi connectivity index (χ0) is 14.4. The Kier molecular flexibility index (Phi) is 4.60. The number of hydrogen-bond acceptors (Lipinski definition) is 5. The lowest BCUT2D eigenvalue weighted by Gasteiger charge is -2.16. The molecule has 106 valence electrons. The highest BCUT2D eigenvalue weighted by Gasteiger charge is 2.12. The zero-order valence-corrected chi connectivity index (χ0v) is 11.2. The molecule has 0 saturated carbocycles. The van der Waals surface area contributed by atoms with Crippen molar-refractivity contribution in [2.45, 2.75) is 13.3 Å². The van der Waals surface area contributed by atoms with Crippen molar-refractivity contribution in [2.24, 2.45) is 0 Å². The van der Waals surface area contributed by atoms with Crippen molar-refractivity contribution in [3.05, 3.63) is 41.6 Å². The van der Waals surface area contributed by atoms with Crippen LogP contribution in [-0.4, -0.2) is 25.0 Å². The van der Waals surface area contributed by atoms with Crippen molar-refractivity contribution in [1.82, 2.24) is 10.7 Å². The van der Waals surface area contributed by atoms with E-state index in [0.717, 1.165) is 12.1 Å². The molecular formula is C14H17N3O3. The lowest BCUT2D eigenvalue weighted by atomic mass is 10.2. The minimum absolute atomic E-state index is 0.133. The third-order valence-corrected chi connectivity index (χ3v) is 2.76. The van der Waals surface area contributed by atoms with E-state index < -0.39 is 0 Å². The molecule has 0 saturated heterocycles. The average Bonchev–Trinajstić information content (AvgIpc) is 2.47. The second kappa shape index (κ2) is 6.60. The Labute approximate surface area is 117 Å². The predicted octanol–water partition coefficient (Wildman–Crippen LogP) is 1.18. The molecule has 0 aromatic heterocycles. The third kappa shape index (κ3) is 3.50. The summed E-state index contributed by atoms with van der Waals surface area (Å²) in [6.07, 6.45) is 2.64. The standard InChI is InChI=1S/C14H17N3O3/c1-2-20-14(19)10-5-7-11(8-6-10)16-17-12-4-3-9-15-13(12)18/h4-8,16-17H,2-3,9H2,1H3,(H,15,18). The number of benzene rings is 1. The smallest absolute Gasteiger partial charge is 0.338 e. The number of carbonyl (C=O) groups is 2. The number of hydrogen-bond donors (Lipinski definition) is 3. The number of ether oxygens (including phenoxy) is 1. The monoisotopic (exact) mass is 275 g/mol. The number of amides is 1. The van der Waals surface area contributed by atoms with Crippen LogP contribution in [0.4, 0.5) is 5.69 Å². The predicted molar refractivity (Wildman–Crippen MR) is 74.9 cm³/mol. The first-order chi connectivity index (χ1) is 9.70. The maximum Gasteiger partial charge on any atom is 0.338 e. The number of carbonyl (C=O) groups excluding carboxylic acids is 2. The topological polar surface area (TPSA) is 79.5 Å². The van der Waals surface area contributed by atoms with Crippen LogP contribution in [0.1, 0.15) is 23.7 Å². The summed E-state index contributed by atoms with van der Waals surface area (Å²) in [5, 5.41) is 2.74. The van der Waals surface area contributed by atoms with Crippen LogP contribution in [0.2, 0.25) is 0 Å². The molecule has 1 aromatic carbocycles. The molecule has 1 aliphatic heterocycles. The highest BCUT2D eigenvalue weighted by Crippen LogP contribution is 2.10. The molecule has 0 spiro atoms. The van der Waals surface area contributed by atoms with E-state index in [1.54, 1.807) is 31.2 Å². The van der Waals surface area contributed by atoms with Gasteiger partial charge in [0, 0.05) is 6.54 Å². The number of rotatable bonds is 5. The Hall–Kier alpha value is -2.50. The van der Waals surface area contributed by atoms with Crippen molar-refractivity contribution >= 4 is 17.6 Å². The van der Waals surface area contributed by atoms with Gasteiger partial charge in [0.25, 0.3) is 5.91 Å². The maximum atomic E-state index is 11.5. The Balaban J connectivity index is 1.92. The quantitative estimate of drug-likeness (QED) is 0.555. The van der Waals surface area contributed by atoms with Crippen LogP contribution in [0.3, 0.4) is 0 Å². The van der Waals surface area contributed by atoms with Crippen LogP contribution < -0.4 is 16.2 Å². The highest BCUT2D eigenvalue weighted by atomic mass is 16.5. The molecule has 0 radical (unpaired) electrons. The first-order valence-corrected chi connectivity index (χ1v) is 6.48. The van der Waals surface area contributed by atoms with E-state index in [9.17, 15) is 9.59 Å². The molecule has 6 heteroatoms. The van der Waals surface area contributed by atoms with Gasteiger partial charge >= 0.3 is 5.97 Å². The van der Waals surface area contributed by atoms with Crippen LogP contribution in [0, 0.1) is 0 Å². The van der Waals surface area contributed by atoms with Crippen LogP contribution in [0.15, 0.2) is 36.0 Å². The second-order valence-corrected chi connectivity index (χ2v) is 4.21. The van der Waals surface area contributed by atoms with Crippen molar-refractivity contribution in [2.75, 3.05) is 18.6 Å². The normalized spacial score (nSPS) is 14.1. The lowest BCUT2D eigenvalue weighted by molar-refractivity contribution is -0.118. The largest absolute Gasteiger partial charge is 0.462 e. The first kappa shape index (κ1) is 13.9. The minimum atomic E-state index is -0.346. The fourth-order valence-electron chi connectivity index (χ4n) is 1.74. The summed E-state index contributed by atoms with van der Waals surface area (Å²) in [6.45, 7) is 2.78. The third-order valence-electron chi connectivity index (χ3n) is 2.76. The SMILES string of the molecule is CCOC(=O)c1ccc(NNC2=CCCNC2=O)cc1. The molecule has 0 fully saturated rings. The van der Waals surface area contributed by atoms with Crippen molar-refractivity contribution in [3.63, 3.8) is 0 Å². The molecule has 1 amide bonds. The summed E-state index contributed by atoms with van der Waals surface area (Å²) in [5.41, 5.74) is 7.49. The molecule has 20 heavy (non-hydrogen) atoms. The molecule has 6 nitrogen and oxygen atoms in total. The fraction of sp³-hybridized carbons (Fsp3) is 0.286. The second-order valence-electron chi connectivity index (χ2n) is 4.21. The van der Waals surface area contributed by atoms with Crippen molar-refractivity contribution < 1.29 is 14.3 Å². The van der Waals surface area contributed by atoms with Crippen LogP contribution in [0.5, 0.6) is 0 Å². The van der Waals surface area contributed by atoms with E-state index in [2.05, 4.69) is 16.2 Å². The van der Waals surface area contributed by atoms with E-state index in [1.165, 1.54) is 0 Å². The minimum Gasteiger partial charge on any atom is -0.462 e. The molecule has 1 aliphatic rings. The average molecular weight is 275 g/mol. The van der Waals surface area contributed by atoms with E-state index in [0.29, 0.717) is 24.4 Å². The highest BCUT2D eigenvalue weighted by molar-refractivity contribution is 5.93. The summed E-state index contributed by atoms with van der Waals surface area (Å²) >= 11 is 0. The van der Waals surface area contributed by atoms with Gasteiger partial charge in [0.1, 0.15) is 5.70 Å². The number of anilines is 1. The van der Waals surface area contributed by atoms with Gasteiger partial charge in [0.05, 0.1) is 17.9 Å². The van der Waals surface area contributed by atoms with E-state index in [4.69, 9.17) is 4.74 Å². The summed E-state index contributed by atoms with van der Waals surface area (Å²) in [5.74, 6) is -0.478. The van der Waals surface area contributed by atoms with Gasteiger partial charge in [-0.2, -0.15) is 0 Å². The molecule has 2 rings (SSSR count). The van der Waals surface area contributed by atoms with Crippen LogP contribution in [-0.2, 0) is 9.53 Å². The van der Waals surface area contributed by atoms with Crippen LogP contribution >= 0.6 is 0 Å². The molecular weight excluding hydrogens is 258 g/mol. The van der Waals surface area contributed by atoms with E-state index in [1.807, 2.05) is 6.08 Å².